The zero-order valence-electron chi connectivity index (χ0n) is 26.5. The summed E-state index contributed by atoms with van der Waals surface area (Å²) in [5.74, 6) is -0.334. The fourth-order valence-electron chi connectivity index (χ4n) is 4.95. The fourth-order valence-corrected chi connectivity index (χ4v) is 4.95. The molecule has 42 heavy (non-hydrogen) atoms. The van der Waals surface area contributed by atoms with Crippen molar-refractivity contribution in [2.75, 3.05) is 26.4 Å². The Bertz CT molecular complexity index is 657. The number of allylic oxidation sites excluding steroid dienone is 2. The van der Waals surface area contributed by atoms with Gasteiger partial charge in [-0.1, -0.05) is 96.6 Å². The summed E-state index contributed by atoms with van der Waals surface area (Å²) in [6.45, 7) is 4.39. The quantitative estimate of drug-likeness (QED) is 0.0557. The average Bonchev–Trinajstić information content (AvgIpc) is 2.99. The van der Waals surface area contributed by atoms with Crippen molar-refractivity contribution in [1.82, 2.24) is 0 Å². The molecule has 6 atom stereocenters. The van der Waals surface area contributed by atoms with Crippen LogP contribution in [0.1, 0.15) is 129 Å². The number of hydrogen-bond acceptors (Lipinski definition) is 9. The van der Waals surface area contributed by atoms with E-state index >= 15 is 0 Å². The molecule has 6 unspecified atom stereocenters. The Morgan fingerprint density at radius 2 is 1.31 bits per heavy atom. The molecule has 9 heteroatoms. The van der Waals surface area contributed by atoms with E-state index < -0.39 is 43.4 Å². The van der Waals surface area contributed by atoms with E-state index in [2.05, 4.69) is 26.0 Å². The largest absolute Gasteiger partial charge is 0.457 e. The van der Waals surface area contributed by atoms with Gasteiger partial charge in [-0.25, -0.2) is 0 Å². The van der Waals surface area contributed by atoms with Crippen LogP contribution in [0.3, 0.4) is 0 Å². The third-order valence-electron chi connectivity index (χ3n) is 7.68. The number of unbranched alkanes of at least 4 members (excludes halogenated alkanes) is 14. The minimum Gasteiger partial charge on any atom is -0.457 e. The molecule has 1 rings (SSSR count). The molecule has 0 aromatic carbocycles. The van der Waals surface area contributed by atoms with Gasteiger partial charge in [0.2, 0.25) is 0 Å². The van der Waals surface area contributed by atoms with Gasteiger partial charge in [0, 0.05) is 13.0 Å². The Labute approximate surface area is 255 Å². The summed E-state index contributed by atoms with van der Waals surface area (Å²) in [6.07, 6.45) is 17.2. The highest BCUT2D eigenvalue weighted by Gasteiger charge is 2.44. The van der Waals surface area contributed by atoms with E-state index in [1.54, 1.807) is 0 Å². The maximum absolute atomic E-state index is 12.4. The Kier molecular flexibility index (Phi) is 24.4. The van der Waals surface area contributed by atoms with Crippen LogP contribution in [-0.2, 0) is 23.7 Å². The van der Waals surface area contributed by atoms with Gasteiger partial charge in [-0.3, -0.25) is 4.79 Å². The molecule has 0 saturated carbocycles. The smallest absolute Gasteiger partial charge is 0.306 e. The fraction of sp³-hybridized carbons (Fsp3) is 0.909. The molecule has 0 aliphatic carbocycles. The highest BCUT2D eigenvalue weighted by Crippen LogP contribution is 2.22. The maximum Gasteiger partial charge on any atom is 0.306 e. The monoisotopic (exact) mass is 602 g/mol. The molecule has 0 aromatic heterocycles. The lowest BCUT2D eigenvalue weighted by Gasteiger charge is -2.39. The number of rotatable bonds is 27. The first kappa shape index (κ1) is 39.0. The van der Waals surface area contributed by atoms with Gasteiger partial charge in [0.15, 0.2) is 6.29 Å². The van der Waals surface area contributed by atoms with Crippen molar-refractivity contribution in [3.8, 4) is 0 Å². The standard InChI is InChI=1S/C33H62O9/c1-3-5-7-9-10-11-12-13-14-15-16-17-18-19-21-23-39-25-27(41-29(35)22-20-8-6-4-2)26-40-33-32(38)31(37)30(36)28(24-34)42-33/h12-13,27-28,30-34,36-38H,3-11,14-26H2,1-2H3/b13-12-. The Hall–Kier alpha value is -1.07. The summed E-state index contributed by atoms with van der Waals surface area (Å²) in [6, 6.07) is 0. The van der Waals surface area contributed by atoms with Gasteiger partial charge in [-0.2, -0.15) is 0 Å². The van der Waals surface area contributed by atoms with Crippen molar-refractivity contribution in [1.29, 1.82) is 0 Å². The Balaban J connectivity index is 2.27. The lowest BCUT2D eigenvalue weighted by molar-refractivity contribution is -0.305. The van der Waals surface area contributed by atoms with Gasteiger partial charge in [0.25, 0.3) is 0 Å². The molecule has 1 aliphatic heterocycles. The molecule has 4 N–H and O–H groups in total. The molecule has 248 valence electrons. The van der Waals surface area contributed by atoms with Crippen LogP contribution in [0.5, 0.6) is 0 Å². The Morgan fingerprint density at radius 3 is 1.93 bits per heavy atom. The second kappa shape index (κ2) is 26.3. The number of hydrogen-bond donors (Lipinski definition) is 4. The molecule has 0 spiro atoms. The first-order valence-electron chi connectivity index (χ1n) is 16.8. The molecule has 1 heterocycles. The molecule has 9 nitrogen and oxygen atoms in total. The third-order valence-corrected chi connectivity index (χ3v) is 7.68. The third kappa shape index (κ3) is 18.6. The summed E-state index contributed by atoms with van der Waals surface area (Å²) in [7, 11) is 0. The predicted molar refractivity (Wildman–Crippen MR) is 164 cm³/mol. The lowest BCUT2D eigenvalue weighted by Crippen LogP contribution is -2.59. The van der Waals surface area contributed by atoms with Gasteiger partial charge in [-0.15, -0.1) is 0 Å². The summed E-state index contributed by atoms with van der Waals surface area (Å²) < 4.78 is 22.4. The van der Waals surface area contributed by atoms with Crippen LogP contribution in [-0.4, -0.2) is 89.6 Å². The van der Waals surface area contributed by atoms with Crippen molar-refractivity contribution in [3.05, 3.63) is 12.2 Å². The van der Waals surface area contributed by atoms with E-state index in [0.29, 0.717) is 13.0 Å². The Morgan fingerprint density at radius 1 is 0.738 bits per heavy atom. The van der Waals surface area contributed by atoms with E-state index in [1.807, 2.05) is 0 Å². The summed E-state index contributed by atoms with van der Waals surface area (Å²) in [5.41, 5.74) is 0. The van der Waals surface area contributed by atoms with Crippen LogP contribution in [0.2, 0.25) is 0 Å². The van der Waals surface area contributed by atoms with Gasteiger partial charge in [0.1, 0.15) is 30.5 Å². The number of carbonyl (C=O) groups excluding carboxylic acids is 1. The van der Waals surface area contributed by atoms with Gasteiger partial charge in [0.05, 0.1) is 19.8 Å². The second-order valence-corrected chi connectivity index (χ2v) is 11.6. The van der Waals surface area contributed by atoms with E-state index in [4.69, 9.17) is 18.9 Å². The van der Waals surface area contributed by atoms with Crippen molar-refractivity contribution >= 4 is 5.97 Å². The minimum absolute atomic E-state index is 0.114. The van der Waals surface area contributed by atoms with Crippen molar-refractivity contribution in [2.45, 2.75) is 166 Å². The minimum atomic E-state index is -1.53. The van der Waals surface area contributed by atoms with Gasteiger partial charge >= 0.3 is 5.97 Å². The van der Waals surface area contributed by atoms with Gasteiger partial charge < -0.3 is 39.4 Å². The zero-order chi connectivity index (χ0) is 30.8. The lowest BCUT2D eigenvalue weighted by atomic mass is 9.99. The maximum atomic E-state index is 12.4. The molecule has 1 fully saturated rings. The molecular weight excluding hydrogens is 540 g/mol. The SMILES string of the molecule is CCCCCCC/C=C\CCCCCCCCOCC(COC1OC(CO)C(O)C(O)C1O)OC(=O)CCCCCC. The summed E-state index contributed by atoms with van der Waals surface area (Å²) in [4.78, 5) is 12.4. The van der Waals surface area contributed by atoms with Crippen molar-refractivity contribution < 1.29 is 44.2 Å². The van der Waals surface area contributed by atoms with Crippen LogP contribution in [0, 0.1) is 0 Å². The molecule has 1 aliphatic rings. The van der Waals surface area contributed by atoms with Crippen LogP contribution in [0.25, 0.3) is 0 Å². The van der Waals surface area contributed by atoms with E-state index in [-0.39, 0.29) is 19.2 Å². The van der Waals surface area contributed by atoms with Crippen LogP contribution in [0.15, 0.2) is 12.2 Å². The molecule has 0 amide bonds. The molecule has 0 bridgehead atoms. The average molecular weight is 603 g/mol. The molecular formula is C33H62O9. The first-order valence-corrected chi connectivity index (χ1v) is 16.8. The van der Waals surface area contributed by atoms with E-state index in [9.17, 15) is 25.2 Å². The number of aliphatic hydroxyl groups excluding tert-OH is 4. The van der Waals surface area contributed by atoms with E-state index in [1.165, 1.54) is 70.6 Å². The summed E-state index contributed by atoms with van der Waals surface area (Å²) >= 11 is 0. The highest BCUT2D eigenvalue weighted by atomic mass is 16.7. The molecule has 0 aromatic rings. The summed E-state index contributed by atoms with van der Waals surface area (Å²) in [5, 5.41) is 39.6. The molecule has 1 saturated heterocycles. The van der Waals surface area contributed by atoms with E-state index in [0.717, 1.165) is 38.5 Å². The number of carbonyl (C=O) groups is 1. The van der Waals surface area contributed by atoms with Crippen molar-refractivity contribution in [3.63, 3.8) is 0 Å². The topological polar surface area (TPSA) is 135 Å². The second-order valence-electron chi connectivity index (χ2n) is 11.6. The van der Waals surface area contributed by atoms with Gasteiger partial charge in [-0.05, 0) is 38.5 Å². The number of esters is 1. The predicted octanol–water partition coefficient (Wildman–Crippen LogP) is 5.35. The number of aliphatic hydroxyl groups is 4. The zero-order valence-corrected chi connectivity index (χ0v) is 26.5. The molecule has 0 radical (unpaired) electrons. The highest BCUT2D eigenvalue weighted by molar-refractivity contribution is 5.69. The normalized spacial score (nSPS) is 23.4. The van der Waals surface area contributed by atoms with Crippen LogP contribution < -0.4 is 0 Å². The number of ether oxygens (including phenoxy) is 4. The van der Waals surface area contributed by atoms with Crippen molar-refractivity contribution in [2.24, 2.45) is 0 Å². The van der Waals surface area contributed by atoms with Crippen LogP contribution in [0.4, 0.5) is 0 Å². The van der Waals surface area contributed by atoms with Crippen LogP contribution >= 0.6 is 0 Å². The first-order chi connectivity index (χ1) is 20.4.